The van der Waals surface area contributed by atoms with Gasteiger partial charge in [-0.2, -0.15) is 15.3 Å². The number of carboxylic acid groups (broad SMARTS) is 1. The molecule has 0 aliphatic carbocycles. The van der Waals surface area contributed by atoms with Gasteiger partial charge < -0.3 is 24.5 Å². The molecule has 0 saturated heterocycles. The van der Waals surface area contributed by atoms with Crippen LogP contribution in [-0.4, -0.2) is 61.2 Å². The van der Waals surface area contributed by atoms with E-state index in [1.165, 1.54) is 41.9 Å². The van der Waals surface area contributed by atoms with Crippen molar-refractivity contribution in [3.63, 3.8) is 0 Å². The molecule has 0 bridgehead atoms. The number of carboxylic acids is 1. The minimum Gasteiger partial charge on any atom is -0.479 e. The molecule has 15 heteroatoms. The lowest BCUT2D eigenvalue weighted by Gasteiger charge is -2.24. The van der Waals surface area contributed by atoms with Crippen molar-refractivity contribution < 1.29 is 24.2 Å². The van der Waals surface area contributed by atoms with E-state index in [1.807, 2.05) is 13.8 Å². The van der Waals surface area contributed by atoms with Crippen LogP contribution in [0.2, 0.25) is 5.02 Å². The molecule has 0 fully saturated rings. The second-order valence-electron chi connectivity index (χ2n) is 11.9. The Labute approximate surface area is 276 Å². The van der Waals surface area contributed by atoms with Gasteiger partial charge in [0.05, 0.1) is 41.7 Å². The number of benzene rings is 1. The highest BCUT2D eigenvalue weighted by Crippen LogP contribution is 2.38. The summed E-state index contributed by atoms with van der Waals surface area (Å²) in [5.41, 5.74) is 0.473. The molecule has 0 radical (unpaired) electrons. The van der Waals surface area contributed by atoms with Gasteiger partial charge in [-0.3, -0.25) is 4.79 Å². The van der Waals surface area contributed by atoms with E-state index in [9.17, 15) is 24.8 Å². The van der Waals surface area contributed by atoms with Crippen LogP contribution in [0.1, 0.15) is 79.5 Å². The Morgan fingerprint density at radius 3 is 2.40 bits per heavy atom. The van der Waals surface area contributed by atoms with Gasteiger partial charge in [0.2, 0.25) is 11.8 Å². The highest BCUT2D eigenvalue weighted by Gasteiger charge is 2.34. The Morgan fingerprint density at radius 2 is 1.85 bits per heavy atom. The van der Waals surface area contributed by atoms with Crippen LogP contribution in [0.25, 0.3) is 5.69 Å². The van der Waals surface area contributed by atoms with E-state index in [0.29, 0.717) is 16.8 Å². The number of nitrogens with zero attached hydrogens (tertiary/aromatic N) is 7. The van der Waals surface area contributed by atoms with Crippen molar-refractivity contribution in [1.29, 1.82) is 5.26 Å². The van der Waals surface area contributed by atoms with Crippen molar-refractivity contribution in [1.82, 2.24) is 24.3 Å². The predicted octanol–water partition coefficient (Wildman–Crippen LogP) is 5.29. The molecular weight excluding hydrogens is 628 g/mol. The summed E-state index contributed by atoms with van der Waals surface area (Å²) in [5.74, 6) is -1.69. The SMILES string of the molecule is COc1nc(N(C)C(=O)OC(C)(C)C)ncc1-n1nc(C(=O)O)c(C(Nc2cc(Cl)cn(C)c2=O)c2ccc(C#N)cc2)c1C(C)C. The second-order valence-corrected chi connectivity index (χ2v) is 12.4. The lowest BCUT2D eigenvalue weighted by Crippen LogP contribution is -2.35. The van der Waals surface area contributed by atoms with Crippen LogP contribution in [0.5, 0.6) is 5.88 Å². The van der Waals surface area contributed by atoms with Crippen molar-refractivity contribution in [3.8, 4) is 17.6 Å². The van der Waals surface area contributed by atoms with Crippen LogP contribution in [0, 0.1) is 11.3 Å². The molecule has 1 atom stereocenters. The van der Waals surface area contributed by atoms with Crippen molar-refractivity contribution in [2.45, 2.75) is 52.2 Å². The van der Waals surface area contributed by atoms with Crippen LogP contribution >= 0.6 is 11.6 Å². The topological polar surface area (TPSA) is 177 Å². The number of pyridine rings is 1. The summed E-state index contributed by atoms with van der Waals surface area (Å²) in [5, 5.41) is 27.8. The van der Waals surface area contributed by atoms with Gasteiger partial charge in [-0.25, -0.2) is 24.2 Å². The van der Waals surface area contributed by atoms with Gasteiger partial charge in [-0.15, -0.1) is 0 Å². The molecule has 4 aromatic rings. The summed E-state index contributed by atoms with van der Waals surface area (Å²) >= 11 is 6.30. The third-order valence-corrected chi connectivity index (χ3v) is 7.14. The molecule has 1 amide bonds. The number of rotatable bonds is 9. The van der Waals surface area contributed by atoms with E-state index >= 15 is 0 Å². The number of carbonyl (C=O) groups is 2. The number of hydrogen-bond acceptors (Lipinski definition) is 10. The number of carbonyl (C=O) groups excluding carboxylic acids is 1. The maximum atomic E-state index is 13.2. The van der Waals surface area contributed by atoms with Crippen LogP contribution in [0.15, 0.2) is 47.5 Å². The first-order chi connectivity index (χ1) is 22.1. The lowest BCUT2D eigenvalue weighted by molar-refractivity contribution is 0.0586. The Balaban J connectivity index is 1.97. The molecule has 0 aliphatic heterocycles. The van der Waals surface area contributed by atoms with Crippen molar-refractivity contribution in [3.05, 3.63) is 86.2 Å². The Kier molecular flexibility index (Phi) is 9.91. The summed E-state index contributed by atoms with van der Waals surface area (Å²) in [6, 6.07) is 9.11. The number of hydrogen-bond donors (Lipinski definition) is 2. The van der Waals surface area contributed by atoms with E-state index in [2.05, 4.69) is 26.5 Å². The van der Waals surface area contributed by atoms with Gasteiger partial charge >= 0.3 is 12.1 Å². The molecule has 14 nitrogen and oxygen atoms in total. The summed E-state index contributed by atoms with van der Waals surface area (Å²) in [6.45, 7) is 8.91. The fourth-order valence-electron chi connectivity index (χ4n) is 4.85. The molecule has 246 valence electrons. The first-order valence-electron chi connectivity index (χ1n) is 14.4. The number of nitrogens with one attached hydrogen (secondary N) is 1. The zero-order chi connectivity index (χ0) is 34.8. The number of amides is 1. The molecule has 1 unspecified atom stereocenters. The molecule has 0 spiro atoms. The number of aryl methyl sites for hydroxylation is 1. The number of methoxy groups -OCH3 is 1. The smallest absolute Gasteiger partial charge is 0.416 e. The number of ether oxygens (including phenoxy) is 2. The normalized spacial score (nSPS) is 11.9. The molecule has 47 heavy (non-hydrogen) atoms. The zero-order valence-electron chi connectivity index (χ0n) is 27.2. The zero-order valence-corrected chi connectivity index (χ0v) is 27.9. The first-order valence-corrected chi connectivity index (χ1v) is 14.8. The largest absolute Gasteiger partial charge is 0.479 e. The van der Waals surface area contributed by atoms with E-state index in [0.717, 1.165) is 4.90 Å². The lowest BCUT2D eigenvalue weighted by atomic mass is 9.91. The molecule has 2 N–H and O–H groups in total. The Bertz CT molecular complexity index is 1920. The fraction of sp³-hybridized carbons (Fsp3) is 0.344. The van der Waals surface area contributed by atoms with E-state index < -0.39 is 29.3 Å². The van der Waals surface area contributed by atoms with Crippen molar-refractivity contribution >= 4 is 35.3 Å². The third kappa shape index (κ3) is 7.36. The van der Waals surface area contributed by atoms with Crippen LogP contribution in [-0.2, 0) is 11.8 Å². The van der Waals surface area contributed by atoms with Crippen LogP contribution in [0.3, 0.4) is 0 Å². The van der Waals surface area contributed by atoms with Gasteiger partial charge in [-0.05, 0) is 50.5 Å². The number of aromatic carboxylic acids is 1. The molecular formula is C32H35ClN8O6. The minimum atomic E-state index is -1.33. The third-order valence-electron chi connectivity index (χ3n) is 6.93. The Hall–Kier alpha value is -5.42. The molecule has 3 aromatic heterocycles. The minimum absolute atomic E-state index is 0.00453. The average Bonchev–Trinajstić information content (AvgIpc) is 3.41. The molecule has 4 rings (SSSR count). The van der Waals surface area contributed by atoms with E-state index in [-0.39, 0.29) is 45.4 Å². The van der Waals surface area contributed by atoms with Gasteiger partial charge in [0, 0.05) is 25.9 Å². The maximum Gasteiger partial charge on any atom is 0.416 e. The summed E-state index contributed by atoms with van der Waals surface area (Å²) in [7, 11) is 4.37. The van der Waals surface area contributed by atoms with Gasteiger partial charge in [0.25, 0.3) is 5.56 Å². The molecule has 1 aromatic carbocycles. The fourth-order valence-corrected chi connectivity index (χ4v) is 5.10. The van der Waals surface area contributed by atoms with E-state index in [1.54, 1.807) is 52.1 Å². The second kappa shape index (κ2) is 13.5. The monoisotopic (exact) mass is 662 g/mol. The standard InChI is InChI=1S/C32H35ClN8O6/c1-17(2)26-23(24(19-11-9-18(14-34)10-12-19)36-21-13-20(33)16-39(6)28(21)42)25(29(43)44)38-41(26)22-15-35-30(37-27(22)46-8)40(7)31(45)47-32(3,4)5/h9-13,15-17,24,36H,1-8H3,(H,43,44). The summed E-state index contributed by atoms with van der Waals surface area (Å²) in [4.78, 5) is 48.6. The number of anilines is 2. The van der Waals surface area contributed by atoms with Crippen LogP contribution < -0.4 is 20.5 Å². The highest BCUT2D eigenvalue weighted by atomic mass is 35.5. The number of halogens is 1. The van der Waals surface area contributed by atoms with Crippen LogP contribution in [0.4, 0.5) is 16.4 Å². The Morgan fingerprint density at radius 1 is 1.19 bits per heavy atom. The molecule has 0 aliphatic rings. The predicted molar refractivity (Wildman–Crippen MR) is 175 cm³/mol. The van der Waals surface area contributed by atoms with Crippen molar-refractivity contribution in [2.24, 2.45) is 7.05 Å². The van der Waals surface area contributed by atoms with Gasteiger partial charge in [-0.1, -0.05) is 37.6 Å². The van der Waals surface area contributed by atoms with Gasteiger partial charge in [0.1, 0.15) is 17.0 Å². The number of nitriles is 1. The summed E-state index contributed by atoms with van der Waals surface area (Å²) < 4.78 is 13.7. The molecule has 0 saturated carbocycles. The van der Waals surface area contributed by atoms with Crippen molar-refractivity contribution in [2.75, 3.05) is 24.4 Å². The quantitative estimate of drug-likeness (QED) is 0.238. The number of aromatic nitrogens is 5. The summed E-state index contributed by atoms with van der Waals surface area (Å²) in [6.07, 6.45) is 2.14. The molecule has 3 heterocycles. The van der Waals surface area contributed by atoms with Gasteiger partial charge in [0.15, 0.2) is 5.69 Å². The first kappa shape index (κ1) is 34.5. The maximum absolute atomic E-state index is 13.2. The average molecular weight is 663 g/mol. The highest BCUT2D eigenvalue weighted by molar-refractivity contribution is 6.30. The van der Waals surface area contributed by atoms with E-state index in [4.69, 9.17) is 21.1 Å².